The van der Waals surface area contributed by atoms with Crippen molar-refractivity contribution in [3.8, 4) is 0 Å². The quantitative estimate of drug-likeness (QED) is 0.0144. The summed E-state index contributed by atoms with van der Waals surface area (Å²) in [5.41, 5.74) is 0.129. The lowest BCUT2D eigenvalue weighted by Gasteiger charge is -2.49. The minimum Gasteiger partial charge on any atom is -0.459 e. The molecular weight excluding hydrogens is 1240 g/mol. The van der Waals surface area contributed by atoms with Gasteiger partial charge in [0.15, 0.2) is 36.8 Å². The van der Waals surface area contributed by atoms with Crippen LogP contribution in [-0.2, 0) is 68.2 Å². The molecule has 2 heterocycles. The molecule has 9 rings (SSSR count). The third-order valence-corrected chi connectivity index (χ3v) is 16.4. The van der Waals surface area contributed by atoms with E-state index >= 15 is 0 Å². The molecule has 484 valence electrons. The van der Waals surface area contributed by atoms with E-state index in [0.29, 0.717) is 6.42 Å². The molecule has 2 aliphatic heterocycles. The van der Waals surface area contributed by atoms with Crippen molar-refractivity contribution in [3.05, 3.63) is 264 Å². The summed E-state index contributed by atoms with van der Waals surface area (Å²) < 4.78 is 76.2. The van der Waals surface area contributed by atoms with Crippen LogP contribution in [0.4, 0.5) is 0 Å². The van der Waals surface area contributed by atoms with Crippen LogP contribution in [0.1, 0.15) is 117 Å². The van der Waals surface area contributed by atoms with Crippen molar-refractivity contribution in [1.82, 2.24) is 0 Å². The van der Waals surface area contributed by atoms with Crippen LogP contribution in [0.5, 0.6) is 0 Å². The van der Waals surface area contributed by atoms with Gasteiger partial charge in [-0.2, -0.15) is 0 Å². The Kier molecular flexibility index (Phi) is 25.4. The molecule has 0 aromatic heterocycles. The van der Waals surface area contributed by atoms with Crippen molar-refractivity contribution >= 4 is 60.3 Å². The van der Waals surface area contributed by atoms with Gasteiger partial charge in [0, 0.05) is 0 Å². The molecule has 0 saturated carbocycles. The van der Waals surface area contributed by atoms with Gasteiger partial charge < -0.3 is 56.8 Å². The predicted octanol–water partition coefficient (Wildman–Crippen LogP) is 11.8. The molecule has 0 amide bonds. The maximum absolute atomic E-state index is 14.8. The average Bonchev–Trinajstić information content (AvgIpc) is 0.771. The molecule has 0 bridgehead atoms. The third kappa shape index (κ3) is 19.8. The van der Waals surface area contributed by atoms with Crippen LogP contribution < -0.4 is 0 Å². The molecule has 2 aliphatic rings. The van der Waals surface area contributed by atoms with Gasteiger partial charge in [0.05, 0.1) is 45.6 Å². The number of rotatable bonds is 30. The molecule has 11 atom stereocenters. The Bertz CT molecular complexity index is 3610. The number of ether oxygens (including phenoxy) is 10. The summed E-state index contributed by atoms with van der Waals surface area (Å²) in [6.07, 6.45) is -11.8. The van der Waals surface area contributed by atoms with E-state index in [1.807, 2.05) is 6.08 Å². The highest BCUT2D eigenvalue weighted by Crippen LogP contribution is 2.48. The monoisotopic (exact) mass is 1300 g/mol. The Morgan fingerprint density at radius 1 is 0.387 bits per heavy atom. The molecule has 0 radical (unpaired) electrons. The van der Waals surface area contributed by atoms with E-state index < -0.39 is 123 Å². The number of benzene rings is 7. The highest BCUT2D eigenvalue weighted by atomic mass is 32.5. The second-order valence-electron chi connectivity index (χ2n) is 21.4. The predicted molar refractivity (Wildman–Crippen MR) is 340 cm³/mol. The Morgan fingerprint density at radius 2 is 0.677 bits per heavy atom. The van der Waals surface area contributed by atoms with Gasteiger partial charge in [-0.15, -0.1) is 6.58 Å². The zero-order chi connectivity index (χ0) is 65.4. The molecule has 20 nitrogen and oxygen atoms in total. The van der Waals surface area contributed by atoms with Gasteiger partial charge in [-0.1, -0.05) is 159 Å². The molecule has 0 spiro atoms. The number of hydrogen-bond donors (Lipinski definition) is 1. The van der Waals surface area contributed by atoms with E-state index in [2.05, 4.69) is 6.58 Å². The SMILES string of the molecule is C=CCCCCCCCCOP(O)(=S)O[C@H]1O[C@H](COC(=O)c2ccccc2)[C@@H](O[C@@H]2O[C@H](COC(=O)c3ccccc3)[C@H](OC(=O)c3ccccc3)[C@H](OC(=O)c3ccccc3)[C@H]2OC(=O)c2ccccc2)[C@H](OC(=O)c2ccccc2)[C@@H]1OC(=O)c1ccccc1. The fourth-order valence-electron chi connectivity index (χ4n) is 10.1. The summed E-state index contributed by atoms with van der Waals surface area (Å²) in [7, 11) is 0. The smallest absolute Gasteiger partial charge is 0.338 e. The van der Waals surface area contributed by atoms with E-state index in [1.165, 1.54) is 84.9 Å². The van der Waals surface area contributed by atoms with Gasteiger partial charge in [0.2, 0.25) is 6.29 Å². The lowest BCUT2D eigenvalue weighted by molar-refractivity contribution is -0.349. The maximum atomic E-state index is 14.8. The summed E-state index contributed by atoms with van der Waals surface area (Å²) in [6.45, 7) is -2.35. The van der Waals surface area contributed by atoms with Crippen molar-refractivity contribution < 1.29 is 94.9 Å². The van der Waals surface area contributed by atoms with Crippen LogP contribution in [0, 0.1) is 0 Å². The number of allylic oxidation sites excluding steroid dienone is 1. The Morgan fingerprint density at radius 3 is 1.05 bits per heavy atom. The van der Waals surface area contributed by atoms with Crippen molar-refractivity contribution in [2.24, 2.45) is 0 Å². The molecule has 2 fully saturated rings. The number of carbonyl (C=O) groups is 7. The molecule has 0 aliphatic carbocycles. The first-order chi connectivity index (χ1) is 45.2. The first-order valence-corrected chi connectivity index (χ1v) is 32.8. The Hall–Kier alpha value is -9.02. The average molecular weight is 1310 g/mol. The molecule has 1 unspecified atom stereocenters. The minimum atomic E-state index is -4.46. The highest BCUT2D eigenvalue weighted by molar-refractivity contribution is 8.07. The summed E-state index contributed by atoms with van der Waals surface area (Å²) >= 11 is 5.63. The van der Waals surface area contributed by atoms with E-state index in [-0.39, 0.29) is 45.6 Å². The van der Waals surface area contributed by atoms with Crippen molar-refractivity contribution in [3.63, 3.8) is 0 Å². The summed E-state index contributed by atoms with van der Waals surface area (Å²) in [5, 5.41) is 0. The van der Waals surface area contributed by atoms with E-state index in [0.717, 1.165) is 38.5 Å². The van der Waals surface area contributed by atoms with Crippen LogP contribution >= 0.6 is 6.72 Å². The van der Waals surface area contributed by atoms with Crippen molar-refractivity contribution in [2.45, 2.75) is 106 Å². The Balaban J connectivity index is 1.19. The second kappa shape index (κ2) is 34.6. The molecule has 22 heteroatoms. The fraction of sp³-hybridized carbons (Fsp3) is 0.282. The minimum absolute atomic E-state index is 0.0128. The number of carbonyl (C=O) groups excluding carboxylic acids is 7. The zero-order valence-electron chi connectivity index (χ0n) is 50.4. The third-order valence-electron chi connectivity index (χ3n) is 14.8. The summed E-state index contributed by atoms with van der Waals surface area (Å²) in [5.74, 6) is -6.91. The summed E-state index contributed by atoms with van der Waals surface area (Å²) in [6, 6.07) is 54.1. The van der Waals surface area contributed by atoms with Crippen LogP contribution in [-0.4, -0.2) is 128 Å². The van der Waals surface area contributed by atoms with Crippen LogP contribution in [0.3, 0.4) is 0 Å². The molecular formula is C71H69O20PS. The molecule has 7 aromatic rings. The largest absolute Gasteiger partial charge is 0.459 e. The van der Waals surface area contributed by atoms with Crippen LogP contribution in [0.2, 0.25) is 0 Å². The van der Waals surface area contributed by atoms with Crippen LogP contribution in [0.15, 0.2) is 225 Å². The van der Waals surface area contributed by atoms with Gasteiger partial charge in [-0.25, -0.2) is 33.6 Å². The number of esters is 7. The van der Waals surface area contributed by atoms with Gasteiger partial charge in [-0.3, -0.25) is 4.52 Å². The van der Waals surface area contributed by atoms with Crippen LogP contribution in [0.25, 0.3) is 0 Å². The van der Waals surface area contributed by atoms with Gasteiger partial charge in [0.25, 0.3) is 0 Å². The number of hydrogen-bond acceptors (Lipinski definition) is 20. The first-order valence-electron chi connectivity index (χ1n) is 30.2. The first kappa shape index (κ1) is 68.3. The van der Waals surface area contributed by atoms with Gasteiger partial charge in [0.1, 0.15) is 31.5 Å². The van der Waals surface area contributed by atoms with Crippen molar-refractivity contribution in [2.75, 3.05) is 19.8 Å². The van der Waals surface area contributed by atoms with Gasteiger partial charge >= 0.3 is 48.5 Å². The van der Waals surface area contributed by atoms with E-state index in [9.17, 15) is 38.5 Å². The molecule has 1 N–H and O–H groups in total. The van der Waals surface area contributed by atoms with E-state index in [4.69, 9.17) is 68.2 Å². The lowest BCUT2D eigenvalue weighted by Crippen LogP contribution is -2.67. The second-order valence-corrected chi connectivity index (χ2v) is 24.2. The lowest BCUT2D eigenvalue weighted by atomic mass is 9.95. The fourth-order valence-corrected chi connectivity index (χ4v) is 11.4. The molecule has 93 heavy (non-hydrogen) atoms. The normalized spacial score (nSPS) is 21.5. The number of unbranched alkanes of at least 4 members (excludes halogenated alkanes) is 6. The topological polar surface area (TPSA) is 250 Å². The van der Waals surface area contributed by atoms with Crippen molar-refractivity contribution in [1.29, 1.82) is 0 Å². The highest BCUT2D eigenvalue weighted by Gasteiger charge is 2.59. The zero-order valence-corrected chi connectivity index (χ0v) is 52.1. The Labute approximate surface area is 542 Å². The van der Waals surface area contributed by atoms with E-state index in [1.54, 1.807) is 127 Å². The molecule has 2 saturated heterocycles. The maximum Gasteiger partial charge on any atom is 0.338 e. The van der Waals surface area contributed by atoms with Gasteiger partial charge in [-0.05, 0) is 116 Å². The molecule has 7 aromatic carbocycles. The summed E-state index contributed by atoms with van der Waals surface area (Å²) in [4.78, 5) is 113. The standard InChI is InChI=1S/C71H69O20PS/c1-2-3-4-5-6-7-8-30-45-82-92(79,93)91-71-62(89-69(78)54-43-28-15-29-44-54)60(87-67(76)52-39-24-13-25-40-52)58(56(84-71)47-81-64(73)49-33-18-10-19-34-49)90-70-61(88-68(77)53-41-26-14-27-42-53)59(86-66(75)51-37-22-12-23-38-51)57(85-65(74)50-35-20-11-21-36-50)55(83-70)46-80-63(72)48-31-16-9-17-32-48/h2,9-29,31-44,55-62,70-71H,1,3-8,30,45-47H2,(H,79,93)/t55-,56-,57+,58-,59+,60+,61-,62+,70+,71-,92?/m1/s1.